The third kappa shape index (κ3) is 4.99. The topological polar surface area (TPSA) is 92.3 Å². The largest absolute Gasteiger partial charge is 0.490 e. The smallest absolute Gasteiger partial charge is 0.338 e. The minimum atomic E-state index is -0.745. The summed E-state index contributed by atoms with van der Waals surface area (Å²) in [6.07, 6.45) is 1.67. The molecule has 0 saturated carbocycles. The van der Waals surface area contributed by atoms with E-state index in [2.05, 4.69) is 20.9 Å². The molecule has 1 atom stereocenters. The van der Waals surface area contributed by atoms with Crippen molar-refractivity contribution < 1.29 is 23.4 Å². The van der Waals surface area contributed by atoms with Gasteiger partial charge in [-0.3, -0.25) is 9.36 Å². The number of fused-ring (bicyclic) bond motifs is 1. The number of allylic oxidation sites excluding steroid dienone is 1. The highest BCUT2D eigenvalue weighted by molar-refractivity contribution is 9.10. The normalized spacial score (nSPS) is 15.6. The Labute approximate surface area is 214 Å². The van der Waals surface area contributed by atoms with E-state index >= 15 is 0 Å². The van der Waals surface area contributed by atoms with Gasteiger partial charge < -0.3 is 18.6 Å². The molecule has 4 rings (SSSR count). The molecule has 0 N–H and O–H groups in total. The molecule has 0 spiro atoms. The average Bonchev–Trinajstić information content (AvgIpc) is 3.37. The molecule has 0 amide bonds. The molecule has 10 heteroatoms. The number of hydrogen-bond acceptors (Lipinski definition) is 8. The third-order valence-corrected chi connectivity index (χ3v) is 6.68. The lowest BCUT2D eigenvalue weighted by Crippen LogP contribution is -2.40. The van der Waals surface area contributed by atoms with Crippen LogP contribution in [0.4, 0.5) is 0 Å². The van der Waals surface area contributed by atoms with Crippen molar-refractivity contribution in [3.63, 3.8) is 0 Å². The summed E-state index contributed by atoms with van der Waals surface area (Å²) in [5, 5.41) is 0. The minimum absolute atomic E-state index is 0.202. The van der Waals surface area contributed by atoms with Crippen LogP contribution in [0.2, 0.25) is 0 Å². The van der Waals surface area contributed by atoms with Crippen LogP contribution in [-0.2, 0) is 9.53 Å². The van der Waals surface area contributed by atoms with Crippen LogP contribution in [0.15, 0.2) is 60.5 Å². The Balaban J connectivity index is 1.95. The van der Waals surface area contributed by atoms with E-state index in [9.17, 15) is 9.59 Å². The summed E-state index contributed by atoms with van der Waals surface area (Å²) in [5.41, 5.74) is 1.20. The number of furan rings is 1. The van der Waals surface area contributed by atoms with Gasteiger partial charge in [-0.1, -0.05) is 17.4 Å². The van der Waals surface area contributed by atoms with Crippen LogP contribution in [0.1, 0.15) is 45.1 Å². The number of carbonyl (C=O) groups excluding carboxylic acids is 1. The highest BCUT2D eigenvalue weighted by Gasteiger charge is 2.34. The Hall–Kier alpha value is -3.11. The Morgan fingerprint density at radius 1 is 1.14 bits per heavy atom. The zero-order valence-electron chi connectivity index (χ0n) is 19.8. The van der Waals surface area contributed by atoms with Crippen LogP contribution in [0.25, 0.3) is 6.08 Å². The predicted octanol–water partition coefficient (Wildman–Crippen LogP) is 3.95. The van der Waals surface area contributed by atoms with Gasteiger partial charge in [-0.05, 0) is 73.5 Å². The zero-order chi connectivity index (χ0) is 25.1. The van der Waals surface area contributed by atoms with Gasteiger partial charge in [0.1, 0.15) is 5.76 Å². The van der Waals surface area contributed by atoms with E-state index in [0.29, 0.717) is 61.3 Å². The van der Waals surface area contributed by atoms with Gasteiger partial charge in [-0.15, -0.1) is 0 Å². The second-order valence-corrected chi connectivity index (χ2v) is 9.31. The standard InChI is InChI=1S/C25H25BrN2O6S/c1-5-31-17-10-8-15(12-18(17)32-6-2)22-21(24(30)33-7-3)14(4)27-25-28(22)23(29)19(35-25)13-16-9-11-20(26)34-16/h8-13,22H,5-7H2,1-4H3/b19-13+. The highest BCUT2D eigenvalue weighted by atomic mass is 79.9. The molecule has 3 aromatic rings. The molecule has 8 nitrogen and oxygen atoms in total. The molecule has 0 radical (unpaired) electrons. The number of thiazole rings is 1. The van der Waals surface area contributed by atoms with E-state index in [1.165, 1.54) is 15.9 Å². The van der Waals surface area contributed by atoms with Gasteiger partial charge in [0.2, 0.25) is 0 Å². The van der Waals surface area contributed by atoms with Crippen molar-refractivity contribution in [1.82, 2.24) is 4.57 Å². The molecule has 0 saturated heterocycles. The summed E-state index contributed by atoms with van der Waals surface area (Å²) in [6, 6.07) is 8.19. The van der Waals surface area contributed by atoms with E-state index in [1.807, 2.05) is 19.9 Å². The fourth-order valence-electron chi connectivity index (χ4n) is 3.88. The van der Waals surface area contributed by atoms with E-state index in [4.69, 9.17) is 18.6 Å². The van der Waals surface area contributed by atoms with Gasteiger partial charge in [0.05, 0.1) is 41.7 Å². The van der Waals surface area contributed by atoms with Crippen LogP contribution >= 0.6 is 27.3 Å². The molecule has 1 aliphatic rings. The van der Waals surface area contributed by atoms with Crippen molar-refractivity contribution in [3.8, 4) is 11.5 Å². The lowest BCUT2D eigenvalue weighted by molar-refractivity contribution is -0.139. The van der Waals surface area contributed by atoms with E-state index in [0.717, 1.165) is 0 Å². The number of ether oxygens (including phenoxy) is 3. The fourth-order valence-corrected chi connectivity index (χ4v) is 5.23. The quantitative estimate of drug-likeness (QED) is 0.387. The molecular weight excluding hydrogens is 536 g/mol. The molecule has 35 heavy (non-hydrogen) atoms. The SMILES string of the molecule is CCOC(=O)C1=C(C)N=c2s/c(=C/c3ccc(Br)o3)c(=O)n2C1c1ccc(OCC)c(OCC)c1. The maximum absolute atomic E-state index is 13.6. The molecule has 0 aliphatic carbocycles. The number of aromatic nitrogens is 1. The fraction of sp³-hybridized carbons (Fsp3) is 0.320. The minimum Gasteiger partial charge on any atom is -0.490 e. The van der Waals surface area contributed by atoms with E-state index in [1.54, 1.807) is 44.2 Å². The van der Waals surface area contributed by atoms with Gasteiger partial charge >= 0.3 is 5.97 Å². The number of rotatable bonds is 8. The maximum Gasteiger partial charge on any atom is 0.338 e. The number of halogens is 1. The van der Waals surface area contributed by atoms with Gasteiger partial charge in [0.15, 0.2) is 21.0 Å². The van der Waals surface area contributed by atoms with Crippen LogP contribution in [-0.4, -0.2) is 30.4 Å². The number of esters is 1. The monoisotopic (exact) mass is 560 g/mol. The lowest BCUT2D eigenvalue weighted by Gasteiger charge is -2.25. The van der Waals surface area contributed by atoms with Crippen LogP contribution in [0, 0.1) is 0 Å². The van der Waals surface area contributed by atoms with Gasteiger partial charge in [-0.25, -0.2) is 9.79 Å². The van der Waals surface area contributed by atoms with Crippen LogP contribution in [0.5, 0.6) is 11.5 Å². The summed E-state index contributed by atoms with van der Waals surface area (Å²) < 4.78 is 24.9. The first kappa shape index (κ1) is 25.0. The molecule has 0 bridgehead atoms. The Morgan fingerprint density at radius 3 is 2.54 bits per heavy atom. The second-order valence-electron chi connectivity index (χ2n) is 7.52. The predicted molar refractivity (Wildman–Crippen MR) is 136 cm³/mol. The molecule has 184 valence electrons. The van der Waals surface area contributed by atoms with Gasteiger partial charge in [0, 0.05) is 6.08 Å². The molecule has 2 aromatic heterocycles. The van der Waals surface area contributed by atoms with Crippen LogP contribution in [0.3, 0.4) is 0 Å². The first-order valence-electron chi connectivity index (χ1n) is 11.2. The van der Waals surface area contributed by atoms with Crippen molar-refractivity contribution in [3.05, 3.63) is 77.3 Å². The van der Waals surface area contributed by atoms with Crippen molar-refractivity contribution >= 4 is 39.3 Å². The molecule has 1 aliphatic heterocycles. The molecule has 0 fully saturated rings. The number of hydrogen-bond donors (Lipinski definition) is 0. The maximum atomic E-state index is 13.6. The number of nitrogens with zero attached hydrogens (tertiary/aromatic N) is 2. The Morgan fingerprint density at radius 2 is 1.89 bits per heavy atom. The average molecular weight is 561 g/mol. The summed E-state index contributed by atoms with van der Waals surface area (Å²) >= 11 is 4.51. The third-order valence-electron chi connectivity index (χ3n) is 5.27. The van der Waals surface area contributed by atoms with Crippen molar-refractivity contribution in [2.24, 2.45) is 4.99 Å². The summed E-state index contributed by atoms with van der Waals surface area (Å²) in [4.78, 5) is 31.7. The van der Waals surface area contributed by atoms with Crippen LogP contribution < -0.4 is 24.4 Å². The van der Waals surface area contributed by atoms with Gasteiger partial charge in [-0.2, -0.15) is 0 Å². The first-order valence-corrected chi connectivity index (χ1v) is 12.8. The summed E-state index contributed by atoms with van der Waals surface area (Å²) in [7, 11) is 0. The van der Waals surface area contributed by atoms with Gasteiger partial charge in [0.25, 0.3) is 5.56 Å². The summed E-state index contributed by atoms with van der Waals surface area (Å²) in [5.74, 6) is 1.13. The summed E-state index contributed by atoms with van der Waals surface area (Å²) in [6.45, 7) is 8.38. The zero-order valence-corrected chi connectivity index (χ0v) is 22.2. The van der Waals surface area contributed by atoms with Crippen molar-refractivity contribution in [1.29, 1.82) is 0 Å². The number of carbonyl (C=O) groups is 1. The Kier molecular flexibility index (Phi) is 7.61. The molecule has 1 aromatic carbocycles. The van der Waals surface area contributed by atoms with Crippen molar-refractivity contribution in [2.45, 2.75) is 33.7 Å². The highest BCUT2D eigenvalue weighted by Crippen LogP contribution is 2.36. The second kappa shape index (κ2) is 10.7. The molecule has 3 heterocycles. The number of benzene rings is 1. The molecule has 1 unspecified atom stereocenters. The lowest BCUT2D eigenvalue weighted by atomic mass is 9.95. The van der Waals surface area contributed by atoms with E-state index in [-0.39, 0.29) is 12.2 Å². The Bertz CT molecular complexity index is 1470. The first-order chi connectivity index (χ1) is 16.9. The van der Waals surface area contributed by atoms with Crippen molar-refractivity contribution in [2.75, 3.05) is 19.8 Å². The van der Waals surface area contributed by atoms with E-state index < -0.39 is 12.0 Å². The molecular formula is C25H25BrN2O6S.